The Morgan fingerprint density at radius 1 is 0.913 bits per heavy atom. The van der Waals surface area contributed by atoms with Crippen LogP contribution in [0.5, 0.6) is 0 Å². The number of nitrogen functional groups attached to an aromatic ring is 1. The maximum absolute atomic E-state index is 6.18. The fraction of sp³-hybridized carbons (Fsp3) is 0.118. The molecule has 0 saturated carbocycles. The normalized spacial score (nSPS) is 10.3. The van der Waals surface area contributed by atoms with Crippen molar-refractivity contribution in [2.24, 2.45) is 0 Å². The molecular formula is C17H18N6. The van der Waals surface area contributed by atoms with Crippen LogP contribution in [0.4, 0.5) is 28.8 Å². The number of aryl methyl sites for hydroxylation is 2. The first-order valence-electron chi connectivity index (χ1n) is 7.26. The van der Waals surface area contributed by atoms with E-state index in [4.69, 9.17) is 5.73 Å². The third-order valence-corrected chi connectivity index (χ3v) is 3.30. The van der Waals surface area contributed by atoms with Crippen LogP contribution < -0.4 is 16.4 Å². The number of anilines is 5. The minimum Gasteiger partial charge on any atom is -0.393 e. The van der Waals surface area contributed by atoms with Crippen LogP contribution in [0.1, 0.15) is 11.3 Å². The number of nitrogens with two attached hydrogens (primary N) is 1. The van der Waals surface area contributed by atoms with Gasteiger partial charge in [-0.25, -0.2) is 15.0 Å². The average Bonchev–Trinajstić information content (AvgIpc) is 2.51. The highest BCUT2D eigenvalue weighted by atomic mass is 15.1. The summed E-state index contributed by atoms with van der Waals surface area (Å²) in [5.41, 5.74) is 9.62. The standard InChI is InChI=1S/C17H18N6/c1-11-5-3-7-13(9-11)22-16-15(18)17(20-10-19-16)23-14-8-4-6-12(2)21-14/h3-10H,18H2,1-2H3,(H2,19,20,21,22,23). The number of pyridine rings is 1. The third kappa shape index (κ3) is 3.55. The largest absolute Gasteiger partial charge is 0.393 e. The van der Waals surface area contributed by atoms with Crippen molar-refractivity contribution in [3.05, 3.63) is 60.0 Å². The molecule has 116 valence electrons. The second kappa shape index (κ2) is 6.31. The van der Waals surface area contributed by atoms with Gasteiger partial charge in [0.25, 0.3) is 0 Å². The number of nitrogens with one attached hydrogen (secondary N) is 2. The second-order valence-corrected chi connectivity index (χ2v) is 5.27. The Kier molecular flexibility index (Phi) is 4.05. The Balaban J connectivity index is 1.86. The van der Waals surface area contributed by atoms with Crippen molar-refractivity contribution in [3.63, 3.8) is 0 Å². The fourth-order valence-corrected chi connectivity index (χ4v) is 2.19. The van der Waals surface area contributed by atoms with Crippen molar-refractivity contribution >= 4 is 28.8 Å². The second-order valence-electron chi connectivity index (χ2n) is 5.27. The summed E-state index contributed by atoms with van der Waals surface area (Å²) in [4.78, 5) is 12.8. The highest BCUT2D eigenvalue weighted by Gasteiger charge is 2.09. The van der Waals surface area contributed by atoms with Crippen molar-refractivity contribution in [2.45, 2.75) is 13.8 Å². The predicted octanol–water partition coefficient (Wildman–Crippen LogP) is 3.56. The van der Waals surface area contributed by atoms with Gasteiger partial charge in [-0.15, -0.1) is 0 Å². The Labute approximate surface area is 134 Å². The SMILES string of the molecule is Cc1cccc(Nc2ncnc(Nc3cccc(C)n3)c2N)c1. The molecule has 6 heteroatoms. The molecule has 0 saturated heterocycles. The van der Waals surface area contributed by atoms with Crippen LogP contribution in [-0.4, -0.2) is 15.0 Å². The molecule has 2 heterocycles. The van der Waals surface area contributed by atoms with E-state index in [0.29, 0.717) is 23.1 Å². The van der Waals surface area contributed by atoms with Gasteiger partial charge in [0.15, 0.2) is 11.6 Å². The molecule has 0 fully saturated rings. The van der Waals surface area contributed by atoms with Crippen LogP contribution in [0, 0.1) is 13.8 Å². The van der Waals surface area contributed by atoms with Crippen molar-refractivity contribution in [1.29, 1.82) is 0 Å². The summed E-state index contributed by atoms with van der Waals surface area (Å²) in [6.07, 6.45) is 1.46. The number of benzene rings is 1. The number of hydrogen-bond acceptors (Lipinski definition) is 6. The van der Waals surface area contributed by atoms with E-state index < -0.39 is 0 Å². The van der Waals surface area contributed by atoms with Gasteiger partial charge in [-0.2, -0.15) is 0 Å². The number of aromatic nitrogens is 3. The van der Waals surface area contributed by atoms with Gasteiger partial charge in [0.05, 0.1) is 0 Å². The Bertz CT molecular complexity index is 765. The van der Waals surface area contributed by atoms with Gasteiger partial charge in [-0.1, -0.05) is 18.2 Å². The van der Waals surface area contributed by atoms with Crippen molar-refractivity contribution < 1.29 is 0 Å². The van der Waals surface area contributed by atoms with E-state index in [9.17, 15) is 0 Å². The van der Waals surface area contributed by atoms with E-state index in [1.54, 1.807) is 0 Å². The van der Waals surface area contributed by atoms with Gasteiger partial charge < -0.3 is 16.4 Å². The maximum atomic E-state index is 6.18. The quantitative estimate of drug-likeness (QED) is 0.683. The Morgan fingerprint density at radius 2 is 1.65 bits per heavy atom. The first-order chi connectivity index (χ1) is 11.1. The summed E-state index contributed by atoms with van der Waals surface area (Å²) in [5.74, 6) is 1.77. The monoisotopic (exact) mass is 306 g/mol. The zero-order valence-electron chi connectivity index (χ0n) is 13.0. The van der Waals surface area contributed by atoms with Gasteiger partial charge in [0, 0.05) is 11.4 Å². The average molecular weight is 306 g/mol. The number of hydrogen-bond donors (Lipinski definition) is 3. The van der Waals surface area contributed by atoms with Gasteiger partial charge in [0.1, 0.15) is 17.8 Å². The van der Waals surface area contributed by atoms with Crippen LogP contribution in [0.15, 0.2) is 48.8 Å². The van der Waals surface area contributed by atoms with E-state index in [1.165, 1.54) is 6.33 Å². The topological polar surface area (TPSA) is 88.8 Å². The van der Waals surface area contributed by atoms with Gasteiger partial charge in [-0.05, 0) is 43.7 Å². The van der Waals surface area contributed by atoms with Gasteiger partial charge in [0.2, 0.25) is 0 Å². The molecule has 23 heavy (non-hydrogen) atoms. The smallest absolute Gasteiger partial charge is 0.160 e. The summed E-state index contributed by atoms with van der Waals surface area (Å²) in [6.45, 7) is 3.96. The molecule has 0 aliphatic heterocycles. The summed E-state index contributed by atoms with van der Waals surface area (Å²) in [5, 5.41) is 6.34. The van der Waals surface area contributed by atoms with Gasteiger partial charge in [-0.3, -0.25) is 0 Å². The molecule has 0 unspecified atom stereocenters. The first-order valence-corrected chi connectivity index (χ1v) is 7.26. The van der Waals surface area contributed by atoms with E-state index >= 15 is 0 Å². The van der Waals surface area contributed by atoms with E-state index in [1.807, 2.05) is 56.3 Å². The van der Waals surface area contributed by atoms with Crippen molar-refractivity contribution in [2.75, 3.05) is 16.4 Å². The molecule has 0 aliphatic rings. The summed E-state index contributed by atoms with van der Waals surface area (Å²) in [6, 6.07) is 13.7. The van der Waals surface area contributed by atoms with E-state index in [0.717, 1.165) is 16.9 Å². The zero-order valence-corrected chi connectivity index (χ0v) is 13.0. The molecule has 0 radical (unpaired) electrons. The third-order valence-electron chi connectivity index (χ3n) is 3.30. The minimum absolute atomic E-state index is 0.442. The Morgan fingerprint density at radius 3 is 2.39 bits per heavy atom. The van der Waals surface area contributed by atoms with Crippen LogP contribution in [0.25, 0.3) is 0 Å². The molecule has 1 aromatic carbocycles. The lowest BCUT2D eigenvalue weighted by atomic mass is 10.2. The van der Waals surface area contributed by atoms with Crippen LogP contribution in [0.2, 0.25) is 0 Å². The molecule has 0 aliphatic carbocycles. The molecule has 0 spiro atoms. The molecule has 2 aromatic heterocycles. The highest BCUT2D eigenvalue weighted by molar-refractivity contribution is 5.79. The lowest BCUT2D eigenvalue weighted by Gasteiger charge is -2.12. The maximum Gasteiger partial charge on any atom is 0.160 e. The highest BCUT2D eigenvalue weighted by Crippen LogP contribution is 2.27. The molecule has 0 atom stereocenters. The molecule has 3 rings (SSSR count). The molecule has 6 nitrogen and oxygen atoms in total. The molecule has 4 N–H and O–H groups in total. The molecular weight excluding hydrogens is 288 g/mol. The van der Waals surface area contributed by atoms with Gasteiger partial charge >= 0.3 is 0 Å². The Hall–Kier alpha value is -3.15. The number of nitrogens with zero attached hydrogens (tertiary/aromatic N) is 3. The van der Waals surface area contributed by atoms with Crippen LogP contribution >= 0.6 is 0 Å². The van der Waals surface area contributed by atoms with Crippen molar-refractivity contribution in [1.82, 2.24) is 15.0 Å². The molecule has 0 bridgehead atoms. The lowest BCUT2D eigenvalue weighted by Crippen LogP contribution is -2.06. The molecule has 0 amide bonds. The summed E-state index contributed by atoms with van der Waals surface area (Å²) >= 11 is 0. The minimum atomic E-state index is 0.442. The summed E-state index contributed by atoms with van der Waals surface area (Å²) in [7, 11) is 0. The molecule has 3 aromatic rings. The van der Waals surface area contributed by atoms with Crippen LogP contribution in [0.3, 0.4) is 0 Å². The summed E-state index contributed by atoms with van der Waals surface area (Å²) < 4.78 is 0. The van der Waals surface area contributed by atoms with E-state index in [2.05, 4.69) is 25.6 Å². The fourth-order valence-electron chi connectivity index (χ4n) is 2.19. The number of rotatable bonds is 4. The van der Waals surface area contributed by atoms with Crippen LogP contribution in [-0.2, 0) is 0 Å². The first kappa shape index (κ1) is 14.8. The zero-order chi connectivity index (χ0) is 16.2. The van der Waals surface area contributed by atoms with Crippen molar-refractivity contribution in [3.8, 4) is 0 Å². The predicted molar refractivity (Wildman–Crippen MR) is 93.2 cm³/mol. The lowest BCUT2D eigenvalue weighted by molar-refractivity contribution is 1.15. The van der Waals surface area contributed by atoms with E-state index in [-0.39, 0.29) is 0 Å².